The van der Waals surface area contributed by atoms with Crippen molar-refractivity contribution in [2.75, 3.05) is 0 Å². The van der Waals surface area contributed by atoms with Crippen LogP contribution in [0.15, 0.2) is 30.0 Å². The monoisotopic (exact) mass is 275 g/mol. The number of nitrogens with zero attached hydrogens (tertiary/aromatic N) is 1. The Kier molecular flexibility index (Phi) is 3.91. The molecule has 0 bridgehead atoms. The maximum atomic E-state index is 11.1. The minimum absolute atomic E-state index is 0.200. The summed E-state index contributed by atoms with van der Waals surface area (Å²) >= 11 is 5.97. The van der Waals surface area contributed by atoms with Crippen molar-refractivity contribution in [1.82, 2.24) is 4.98 Å². The molecule has 2 rings (SSSR count). The largest absolute Gasteiger partial charge is 0.298 e. The Hall–Kier alpha value is -1.41. The molecule has 100 valence electrons. The van der Waals surface area contributed by atoms with Crippen LogP contribution in [0.4, 0.5) is 0 Å². The summed E-state index contributed by atoms with van der Waals surface area (Å²) in [4.78, 5) is 15.1. The summed E-state index contributed by atoms with van der Waals surface area (Å²) in [6, 6.07) is 1.86. The first-order valence-electron chi connectivity index (χ1n) is 6.43. The summed E-state index contributed by atoms with van der Waals surface area (Å²) in [7, 11) is 0. The predicted molar refractivity (Wildman–Crippen MR) is 79.4 cm³/mol. The highest BCUT2D eigenvalue weighted by molar-refractivity contribution is 6.32. The highest BCUT2D eigenvalue weighted by Gasteiger charge is 2.20. The van der Waals surface area contributed by atoms with Crippen LogP contribution in [0.1, 0.15) is 49.5 Å². The van der Waals surface area contributed by atoms with Crippen LogP contribution in [-0.4, -0.2) is 11.3 Å². The van der Waals surface area contributed by atoms with E-state index < -0.39 is 0 Å². The SMILES string of the molecule is CC(C)(C)C1=CC=C(c2ccnc(Cl)c2C=O)CC1. The van der Waals surface area contributed by atoms with Crippen LogP contribution in [-0.2, 0) is 0 Å². The summed E-state index contributed by atoms with van der Waals surface area (Å²) in [5, 5.41) is 0.277. The summed E-state index contributed by atoms with van der Waals surface area (Å²) in [5.41, 5.74) is 4.18. The van der Waals surface area contributed by atoms with E-state index in [0.29, 0.717) is 5.56 Å². The van der Waals surface area contributed by atoms with Crippen molar-refractivity contribution in [1.29, 1.82) is 0 Å². The minimum Gasteiger partial charge on any atom is -0.298 e. The smallest absolute Gasteiger partial charge is 0.153 e. The van der Waals surface area contributed by atoms with E-state index in [0.717, 1.165) is 30.3 Å². The molecule has 0 saturated heterocycles. The number of aldehydes is 1. The van der Waals surface area contributed by atoms with Gasteiger partial charge in [0.2, 0.25) is 0 Å². The number of hydrogen-bond donors (Lipinski definition) is 0. The Labute approximate surface area is 119 Å². The molecule has 0 N–H and O–H groups in total. The van der Waals surface area contributed by atoms with Crippen molar-refractivity contribution in [2.45, 2.75) is 33.6 Å². The Morgan fingerprint density at radius 1 is 1.26 bits per heavy atom. The molecule has 0 atom stereocenters. The summed E-state index contributed by atoms with van der Waals surface area (Å²) in [6.45, 7) is 6.66. The highest BCUT2D eigenvalue weighted by Crippen LogP contribution is 2.36. The van der Waals surface area contributed by atoms with E-state index in [9.17, 15) is 4.79 Å². The molecule has 0 unspecified atom stereocenters. The molecular weight excluding hydrogens is 258 g/mol. The van der Waals surface area contributed by atoms with E-state index in [2.05, 4.69) is 37.9 Å². The first-order chi connectivity index (χ1) is 8.93. The number of pyridine rings is 1. The van der Waals surface area contributed by atoms with Gasteiger partial charge in [0.15, 0.2) is 6.29 Å². The number of carbonyl (C=O) groups excluding carboxylic acids is 1. The van der Waals surface area contributed by atoms with E-state index in [1.54, 1.807) is 6.20 Å². The van der Waals surface area contributed by atoms with Crippen LogP contribution in [0, 0.1) is 5.41 Å². The maximum Gasteiger partial charge on any atom is 0.153 e. The number of rotatable bonds is 2. The molecule has 0 saturated carbocycles. The van der Waals surface area contributed by atoms with Gasteiger partial charge in [-0.2, -0.15) is 0 Å². The normalized spacial score (nSPS) is 15.8. The number of hydrogen-bond acceptors (Lipinski definition) is 2. The van der Waals surface area contributed by atoms with Gasteiger partial charge < -0.3 is 0 Å². The molecule has 1 aromatic rings. The van der Waals surface area contributed by atoms with Crippen molar-refractivity contribution >= 4 is 23.5 Å². The molecule has 0 aliphatic heterocycles. The van der Waals surface area contributed by atoms with E-state index >= 15 is 0 Å². The first-order valence-corrected chi connectivity index (χ1v) is 6.81. The lowest BCUT2D eigenvalue weighted by atomic mass is 9.79. The first kappa shape index (κ1) is 14.0. The molecular formula is C16H18ClNO. The number of carbonyl (C=O) groups is 1. The molecule has 1 aromatic heterocycles. The van der Waals surface area contributed by atoms with Crippen LogP contribution in [0.2, 0.25) is 5.15 Å². The predicted octanol–water partition coefficient (Wildman–Crippen LogP) is 4.70. The molecule has 1 aliphatic carbocycles. The van der Waals surface area contributed by atoms with E-state index in [1.807, 2.05) is 6.07 Å². The third-order valence-electron chi connectivity index (χ3n) is 3.52. The average molecular weight is 276 g/mol. The van der Waals surface area contributed by atoms with Crippen LogP contribution < -0.4 is 0 Å². The molecule has 0 aromatic carbocycles. The van der Waals surface area contributed by atoms with Gasteiger partial charge in [0.25, 0.3) is 0 Å². The Morgan fingerprint density at radius 3 is 2.53 bits per heavy atom. The second-order valence-corrected chi connectivity index (χ2v) is 6.17. The van der Waals surface area contributed by atoms with Gasteiger partial charge in [-0.1, -0.05) is 50.1 Å². The topological polar surface area (TPSA) is 30.0 Å². The quantitative estimate of drug-likeness (QED) is 0.578. The van der Waals surface area contributed by atoms with Crippen LogP contribution in [0.5, 0.6) is 0 Å². The maximum absolute atomic E-state index is 11.1. The molecule has 0 fully saturated rings. The summed E-state index contributed by atoms with van der Waals surface area (Å²) in [5.74, 6) is 0. The zero-order valence-corrected chi connectivity index (χ0v) is 12.3. The molecule has 3 heteroatoms. The Balaban J connectivity index is 2.41. The van der Waals surface area contributed by atoms with Crippen LogP contribution in [0.25, 0.3) is 5.57 Å². The van der Waals surface area contributed by atoms with Gasteiger partial charge in [0.05, 0.1) is 5.56 Å². The second-order valence-electron chi connectivity index (χ2n) is 5.81. The Bertz CT molecular complexity index is 565. The standard InChI is InChI=1S/C16H18ClNO/c1-16(2,3)12-6-4-11(5-7-12)13-8-9-18-15(17)14(13)10-19/h4,6,8-10H,5,7H2,1-3H3. The van der Waals surface area contributed by atoms with Gasteiger partial charge in [-0.05, 0) is 35.5 Å². The molecule has 19 heavy (non-hydrogen) atoms. The average Bonchev–Trinajstić information content (AvgIpc) is 2.37. The van der Waals surface area contributed by atoms with Crippen molar-refractivity contribution in [2.24, 2.45) is 5.41 Å². The van der Waals surface area contributed by atoms with E-state index in [-0.39, 0.29) is 10.6 Å². The van der Waals surface area contributed by atoms with E-state index in [1.165, 1.54) is 5.57 Å². The zero-order valence-electron chi connectivity index (χ0n) is 11.5. The molecule has 2 nitrogen and oxygen atoms in total. The summed E-state index contributed by atoms with van der Waals surface area (Å²) in [6.07, 6.45) is 8.66. The number of aromatic nitrogens is 1. The molecule has 0 amide bonds. The number of halogens is 1. The van der Waals surface area contributed by atoms with Gasteiger partial charge in [-0.3, -0.25) is 4.79 Å². The van der Waals surface area contributed by atoms with Crippen LogP contribution >= 0.6 is 11.6 Å². The van der Waals surface area contributed by atoms with Gasteiger partial charge >= 0.3 is 0 Å². The van der Waals surface area contributed by atoms with Crippen LogP contribution in [0.3, 0.4) is 0 Å². The fraction of sp³-hybridized carbons (Fsp3) is 0.375. The van der Waals surface area contributed by atoms with Crippen molar-refractivity contribution in [3.05, 3.63) is 46.3 Å². The molecule has 0 spiro atoms. The minimum atomic E-state index is 0.200. The molecule has 0 radical (unpaired) electrons. The fourth-order valence-corrected chi connectivity index (χ4v) is 2.53. The van der Waals surface area contributed by atoms with Gasteiger partial charge in [-0.15, -0.1) is 0 Å². The third-order valence-corrected chi connectivity index (χ3v) is 3.82. The lowest BCUT2D eigenvalue weighted by Gasteiger charge is -2.26. The number of allylic oxidation sites excluding steroid dienone is 4. The van der Waals surface area contributed by atoms with E-state index in [4.69, 9.17) is 11.6 Å². The van der Waals surface area contributed by atoms with Gasteiger partial charge in [0, 0.05) is 6.20 Å². The Morgan fingerprint density at radius 2 is 2.00 bits per heavy atom. The second kappa shape index (κ2) is 5.30. The molecule has 1 heterocycles. The van der Waals surface area contributed by atoms with Crippen molar-refractivity contribution < 1.29 is 4.79 Å². The summed E-state index contributed by atoms with van der Waals surface area (Å²) < 4.78 is 0. The van der Waals surface area contributed by atoms with Gasteiger partial charge in [0.1, 0.15) is 5.15 Å². The lowest BCUT2D eigenvalue weighted by molar-refractivity contribution is 0.112. The van der Waals surface area contributed by atoms with Crippen molar-refractivity contribution in [3.63, 3.8) is 0 Å². The third kappa shape index (κ3) is 2.95. The van der Waals surface area contributed by atoms with Crippen molar-refractivity contribution in [3.8, 4) is 0 Å². The lowest BCUT2D eigenvalue weighted by Crippen LogP contribution is -2.11. The molecule has 1 aliphatic rings. The zero-order chi connectivity index (χ0) is 14.0. The highest BCUT2D eigenvalue weighted by atomic mass is 35.5. The van der Waals surface area contributed by atoms with Gasteiger partial charge in [-0.25, -0.2) is 4.98 Å². The fourth-order valence-electron chi connectivity index (χ4n) is 2.33.